The average Bonchev–Trinajstić information content (AvgIpc) is 2.96. The lowest BCUT2D eigenvalue weighted by Gasteiger charge is -2.13. The van der Waals surface area contributed by atoms with Gasteiger partial charge in [0, 0.05) is 7.05 Å². The normalized spacial score (nSPS) is 12.3. The molecule has 8 heteroatoms. The van der Waals surface area contributed by atoms with Gasteiger partial charge in [-0.3, -0.25) is 14.2 Å². The lowest BCUT2D eigenvalue weighted by molar-refractivity contribution is -0.122. The summed E-state index contributed by atoms with van der Waals surface area (Å²) >= 11 is 0. The standard InChI is InChI=1S/C15H16N6O2/c1-10(14-19-17-9-20(14)2)18-13(22)7-21-8-16-12-6-4-3-5-11(12)15(21)23/h3-6,8-10H,7H2,1-2H3,(H,18,22)/t10-/m1/s1. The van der Waals surface area contributed by atoms with Gasteiger partial charge in [0.1, 0.15) is 12.9 Å². The Balaban J connectivity index is 1.77. The fourth-order valence-corrected chi connectivity index (χ4v) is 2.41. The molecule has 1 atom stereocenters. The SMILES string of the molecule is C[C@@H](NC(=O)Cn1cnc2ccccc2c1=O)c1nncn1C. The van der Waals surface area contributed by atoms with E-state index in [2.05, 4.69) is 20.5 Å². The number of fused-ring (bicyclic) bond motifs is 1. The number of hydrogen-bond acceptors (Lipinski definition) is 5. The van der Waals surface area contributed by atoms with Gasteiger partial charge in [-0.05, 0) is 19.1 Å². The van der Waals surface area contributed by atoms with Gasteiger partial charge in [-0.25, -0.2) is 4.98 Å². The minimum Gasteiger partial charge on any atom is -0.345 e. The van der Waals surface area contributed by atoms with Crippen molar-refractivity contribution in [2.45, 2.75) is 19.5 Å². The second-order valence-corrected chi connectivity index (χ2v) is 5.28. The molecule has 0 bridgehead atoms. The molecule has 1 N–H and O–H groups in total. The van der Waals surface area contributed by atoms with Gasteiger partial charge in [-0.15, -0.1) is 10.2 Å². The van der Waals surface area contributed by atoms with Gasteiger partial charge >= 0.3 is 0 Å². The first-order chi connectivity index (χ1) is 11.1. The third-order valence-corrected chi connectivity index (χ3v) is 3.56. The number of rotatable bonds is 4. The smallest absolute Gasteiger partial charge is 0.261 e. The predicted octanol–water partition coefficient (Wildman–Crippen LogP) is 0.402. The predicted molar refractivity (Wildman–Crippen MR) is 83.6 cm³/mol. The Bertz CT molecular complexity index is 913. The maximum absolute atomic E-state index is 12.3. The van der Waals surface area contributed by atoms with Crippen LogP contribution in [0.25, 0.3) is 10.9 Å². The molecule has 0 saturated carbocycles. The lowest BCUT2D eigenvalue weighted by atomic mass is 10.2. The summed E-state index contributed by atoms with van der Waals surface area (Å²) in [6.07, 6.45) is 2.95. The molecule has 0 unspecified atom stereocenters. The van der Waals surface area contributed by atoms with Crippen LogP contribution in [0.1, 0.15) is 18.8 Å². The van der Waals surface area contributed by atoms with Gasteiger partial charge in [0.2, 0.25) is 5.91 Å². The molecule has 0 fully saturated rings. The quantitative estimate of drug-likeness (QED) is 0.752. The van der Waals surface area contributed by atoms with Crippen LogP contribution in [-0.4, -0.2) is 30.2 Å². The molecule has 0 aliphatic rings. The summed E-state index contributed by atoms with van der Waals surface area (Å²) in [5, 5.41) is 11.0. The number of amides is 1. The average molecular weight is 312 g/mol. The maximum atomic E-state index is 12.3. The van der Waals surface area contributed by atoms with E-state index in [4.69, 9.17) is 0 Å². The number of aromatic nitrogens is 5. The van der Waals surface area contributed by atoms with Crippen LogP contribution >= 0.6 is 0 Å². The number of nitrogens with one attached hydrogen (secondary N) is 1. The van der Waals surface area contributed by atoms with E-state index in [9.17, 15) is 9.59 Å². The summed E-state index contributed by atoms with van der Waals surface area (Å²) in [7, 11) is 1.80. The van der Waals surface area contributed by atoms with Crippen molar-refractivity contribution in [2.75, 3.05) is 0 Å². The number of hydrogen-bond donors (Lipinski definition) is 1. The van der Waals surface area contributed by atoms with E-state index in [1.54, 1.807) is 36.1 Å². The molecule has 118 valence electrons. The third kappa shape index (κ3) is 2.96. The van der Waals surface area contributed by atoms with Crippen molar-refractivity contribution in [3.8, 4) is 0 Å². The van der Waals surface area contributed by atoms with Crippen molar-refractivity contribution in [1.82, 2.24) is 29.6 Å². The van der Waals surface area contributed by atoms with E-state index in [1.807, 2.05) is 13.0 Å². The van der Waals surface area contributed by atoms with Gasteiger partial charge in [0.25, 0.3) is 5.56 Å². The Hall–Kier alpha value is -3.03. The van der Waals surface area contributed by atoms with E-state index >= 15 is 0 Å². The van der Waals surface area contributed by atoms with Crippen molar-refractivity contribution in [2.24, 2.45) is 7.05 Å². The minimum atomic E-state index is -0.306. The Morgan fingerprint density at radius 3 is 2.83 bits per heavy atom. The zero-order valence-corrected chi connectivity index (χ0v) is 12.8. The van der Waals surface area contributed by atoms with Crippen LogP contribution in [0, 0.1) is 0 Å². The van der Waals surface area contributed by atoms with Gasteiger partial charge in [0.15, 0.2) is 5.82 Å². The number of carbonyl (C=O) groups is 1. The second kappa shape index (κ2) is 5.99. The summed E-state index contributed by atoms with van der Waals surface area (Å²) in [5.74, 6) is 0.349. The van der Waals surface area contributed by atoms with Crippen molar-refractivity contribution in [3.05, 3.63) is 53.1 Å². The molecule has 3 rings (SSSR count). The maximum Gasteiger partial charge on any atom is 0.261 e. The molecule has 0 spiro atoms. The highest BCUT2D eigenvalue weighted by Crippen LogP contribution is 2.07. The number of aryl methyl sites for hydroxylation is 1. The molecule has 1 aromatic carbocycles. The van der Waals surface area contributed by atoms with Crippen molar-refractivity contribution < 1.29 is 4.79 Å². The molecule has 0 aliphatic heterocycles. The Morgan fingerprint density at radius 2 is 2.09 bits per heavy atom. The summed E-state index contributed by atoms with van der Waals surface area (Å²) < 4.78 is 3.02. The Kier molecular flexibility index (Phi) is 3.88. The topological polar surface area (TPSA) is 94.7 Å². The Morgan fingerprint density at radius 1 is 1.30 bits per heavy atom. The van der Waals surface area contributed by atoms with Gasteiger partial charge in [0.05, 0.1) is 23.3 Å². The zero-order valence-electron chi connectivity index (χ0n) is 12.8. The number of para-hydroxylation sites is 1. The summed E-state index contributed by atoms with van der Waals surface area (Å²) in [6, 6.07) is 6.73. The van der Waals surface area contributed by atoms with Crippen LogP contribution < -0.4 is 10.9 Å². The fourth-order valence-electron chi connectivity index (χ4n) is 2.41. The minimum absolute atomic E-state index is 0.0984. The van der Waals surface area contributed by atoms with E-state index < -0.39 is 0 Å². The van der Waals surface area contributed by atoms with Gasteiger partial charge in [-0.1, -0.05) is 12.1 Å². The first-order valence-electron chi connectivity index (χ1n) is 7.13. The van der Waals surface area contributed by atoms with E-state index in [0.717, 1.165) is 0 Å². The highest BCUT2D eigenvalue weighted by atomic mass is 16.2. The number of carbonyl (C=O) groups excluding carboxylic acids is 1. The molecule has 2 aromatic heterocycles. The molecule has 0 aliphatic carbocycles. The fraction of sp³-hybridized carbons (Fsp3) is 0.267. The van der Waals surface area contributed by atoms with Crippen molar-refractivity contribution >= 4 is 16.8 Å². The molecule has 0 saturated heterocycles. The van der Waals surface area contributed by atoms with Crippen LogP contribution in [-0.2, 0) is 18.4 Å². The second-order valence-electron chi connectivity index (χ2n) is 5.28. The molecule has 2 heterocycles. The van der Waals surface area contributed by atoms with Crippen LogP contribution in [0.3, 0.4) is 0 Å². The molecule has 3 aromatic rings. The molecule has 1 amide bonds. The first kappa shape index (κ1) is 14.9. The lowest BCUT2D eigenvalue weighted by Crippen LogP contribution is -2.34. The van der Waals surface area contributed by atoms with Crippen LogP contribution in [0.2, 0.25) is 0 Å². The largest absolute Gasteiger partial charge is 0.345 e. The molecular formula is C15H16N6O2. The highest BCUT2D eigenvalue weighted by molar-refractivity contribution is 5.79. The van der Waals surface area contributed by atoms with E-state index in [-0.39, 0.29) is 24.1 Å². The van der Waals surface area contributed by atoms with Crippen LogP contribution in [0.5, 0.6) is 0 Å². The summed E-state index contributed by atoms with van der Waals surface area (Å²) in [5.41, 5.74) is 0.374. The first-order valence-corrected chi connectivity index (χ1v) is 7.13. The van der Waals surface area contributed by atoms with Gasteiger partial charge < -0.3 is 9.88 Å². The molecule has 0 radical (unpaired) electrons. The van der Waals surface area contributed by atoms with Gasteiger partial charge in [-0.2, -0.15) is 0 Å². The van der Waals surface area contributed by atoms with Crippen molar-refractivity contribution in [3.63, 3.8) is 0 Å². The van der Waals surface area contributed by atoms with Crippen LogP contribution in [0.4, 0.5) is 0 Å². The van der Waals surface area contributed by atoms with E-state index in [1.165, 1.54) is 10.9 Å². The molecule has 8 nitrogen and oxygen atoms in total. The Labute approximate surface area is 131 Å². The van der Waals surface area contributed by atoms with Crippen LogP contribution in [0.15, 0.2) is 41.7 Å². The number of benzene rings is 1. The van der Waals surface area contributed by atoms with E-state index in [0.29, 0.717) is 16.7 Å². The monoisotopic (exact) mass is 312 g/mol. The highest BCUT2D eigenvalue weighted by Gasteiger charge is 2.15. The molecule has 23 heavy (non-hydrogen) atoms. The number of nitrogens with zero attached hydrogens (tertiary/aromatic N) is 5. The zero-order chi connectivity index (χ0) is 16.4. The summed E-state index contributed by atoms with van der Waals surface area (Å²) in [6.45, 7) is 1.71. The molecular weight excluding hydrogens is 296 g/mol. The van der Waals surface area contributed by atoms with Crippen molar-refractivity contribution in [1.29, 1.82) is 0 Å². The summed E-state index contributed by atoms with van der Waals surface area (Å²) in [4.78, 5) is 28.7. The third-order valence-electron chi connectivity index (χ3n) is 3.56.